The van der Waals surface area contributed by atoms with Gasteiger partial charge in [0, 0.05) is 39.0 Å². The quantitative estimate of drug-likeness (QED) is 0.589. The number of amides is 3. The molecule has 0 saturated carbocycles. The number of carbonyl (C=O) groups excluding carboxylic acids is 3. The largest absolute Gasteiger partial charge is 0.322 e. The van der Waals surface area contributed by atoms with Gasteiger partial charge in [0.1, 0.15) is 6.04 Å². The monoisotopic (exact) mass is 446 g/mol. The molecule has 31 heavy (non-hydrogen) atoms. The highest BCUT2D eigenvalue weighted by atomic mass is 32.2. The Balaban J connectivity index is 1.50. The number of aromatic nitrogens is 3. The fourth-order valence-corrected chi connectivity index (χ4v) is 4.47. The van der Waals surface area contributed by atoms with Crippen molar-refractivity contribution in [3.8, 4) is 5.69 Å². The second kappa shape index (κ2) is 7.85. The molecule has 1 fully saturated rings. The normalized spacial score (nSPS) is 19.1. The summed E-state index contributed by atoms with van der Waals surface area (Å²) in [5, 5.41) is 10.3. The predicted octanol–water partition coefficient (Wildman–Crippen LogP) is -0.538. The first kappa shape index (κ1) is 21.1. The zero-order valence-electron chi connectivity index (χ0n) is 17.1. The van der Waals surface area contributed by atoms with Crippen LogP contribution in [0.2, 0.25) is 0 Å². The molecule has 0 spiro atoms. The van der Waals surface area contributed by atoms with Crippen LogP contribution in [-0.4, -0.2) is 76.2 Å². The Kier molecular flexibility index (Phi) is 5.35. The van der Waals surface area contributed by atoms with Crippen molar-refractivity contribution in [2.24, 2.45) is 0 Å². The van der Waals surface area contributed by atoms with Crippen LogP contribution in [0.25, 0.3) is 5.69 Å². The van der Waals surface area contributed by atoms with Crippen LogP contribution in [0.5, 0.6) is 0 Å². The summed E-state index contributed by atoms with van der Waals surface area (Å²) in [6, 6.07) is 4.60. The van der Waals surface area contributed by atoms with Gasteiger partial charge in [-0.15, -0.1) is 5.10 Å². The number of aryl methyl sites for hydroxylation is 1. The Labute approximate surface area is 179 Å². The maximum atomic E-state index is 12.9. The van der Waals surface area contributed by atoms with Crippen molar-refractivity contribution in [1.82, 2.24) is 29.5 Å². The van der Waals surface area contributed by atoms with Gasteiger partial charge in [-0.3, -0.25) is 19.7 Å². The lowest BCUT2D eigenvalue weighted by Gasteiger charge is -2.29. The number of benzene rings is 1. The highest BCUT2D eigenvalue weighted by molar-refractivity contribution is 7.89. The summed E-state index contributed by atoms with van der Waals surface area (Å²) in [5.74, 6) is -1.13. The molecule has 2 aromatic rings. The van der Waals surface area contributed by atoms with Gasteiger partial charge in [0.2, 0.25) is 21.8 Å². The van der Waals surface area contributed by atoms with Gasteiger partial charge in [-0.25, -0.2) is 17.4 Å². The summed E-state index contributed by atoms with van der Waals surface area (Å²) < 4.78 is 26.5. The molecule has 12 heteroatoms. The zero-order chi connectivity index (χ0) is 22.3. The first-order valence-electron chi connectivity index (χ1n) is 9.75. The Hall–Kier alpha value is -3.12. The molecule has 1 aromatic carbocycles. The molecule has 0 bridgehead atoms. The number of nitrogens with one attached hydrogen (secondary N) is 1. The van der Waals surface area contributed by atoms with Crippen LogP contribution in [0.15, 0.2) is 24.4 Å². The number of rotatable bonds is 6. The number of fused-ring (bicyclic) bond motifs is 1. The topological polar surface area (TPSA) is 135 Å². The predicted molar refractivity (Wildman–Crippen MR) is 109 cm³/mol. The maximum absolute atomic E-state index is 12.9. The third-order valence-electron chi connectivity index (χ3n) is 5.49. The van der Waals surface area contributed by atoms with Gasteiger partial charge in [0.05, 0.1) is 23.3 Å². The van der Waals surface area contributed by atoms with E-state index >= 15 is 0 Å². The first-order valence-corrected chi connectivity index (χ1v) is 11.4. The summed E-state index contributed by atoms with van der Waals surface area (Å²) in [6.45, 7) is 0.297. The summed E-state index contributed by atoms with van der Waals surface area (Å²) in [7, 11) is -0.384. The van der Waals surface area contributed by atoms with Crippen molar-refractivity contribution in [3.63, 3.8) is 0 Å². The van der Waals surface area contributed by atoms with Crippen LogP contribution in [0.4, 0.5) is 0 Å². The van der Waals surface area contributed by atoms with Crippen LogP contribution < -0.4 is 5.32 Å². The van der Waals surface area contributed by atoms with Crippen LogP contribution in [-0.2, 0) is 32.6 Å². The third kappa shape index (κ3) is 4.08. The van der Waals surface area contributed by atoms with Crippen molar-refractivity contribution in [3.05, 3.63) is 41.2 Å². The molecule has 3 heterocycles. The molecule has 3 amide bonds. The van der Waals surface area contributed by atoms with Crippen molar-refractivity contribution in [2.45, 2.75) is 31.8 Å². The second-order valence-corrected chi connectivity index (χ2v) is 10.0. The van der Waals surface area contributed by atoms with E-state index < -0.39 is 22.0 Å². The molecule has 11 nitrogen and oxygen atoms in total. The second-order valence-electron chi connectivity index (χ2n) is 7.74. The number of hydrogen-bond acceptors (Lipinski definition) is 7. The number of carbonyl (C=O) groups is 3. The number of hydrogen-bond donors (Lipinski definition) is 1. The SMILES string of the molecule is CN(C)S(=O)(=O)CCc1cn(-c2ccc3c(c2)C(=O)N(C2CCC(=O)NC2=O)C3)nn1. The molecule has 1 unspecified atom stereocenters. The van der Waals surface area contributed by atoms with Crippen LogP contribution in [0.1, 0.15) is 34.5 Å². The third-order valence-corrected chi connectivity index (χ3v) is 7.32. The minimum atomic E-state index is -3.34. The van der Waals surface area contributed by atoms with E-state index in [2.05, 4.69) is 15.6 Å². The van der Waals surface area contributed by atoms with Gasteiger partial charge in [0.15, 0.2) is 0 Å². The minimum absolute atomic E-state index is 0.0811. The van der Waals surface area contributed by atoms with E-state index in [-0.39, 0.29) is 30.4 Å². The van der Waals surface area contributed by atoms with Gasteiger partial charge in [-0.05, 0) is 24.1 Å². The fourth-order valence-electron chi connectivity index (χ4n) is 3.64. The Morgan fingerprint density at radius 3 is 2.71 bits per heavy atom. The van der Waals surface area contributed by atoms with Crippen molar-refractivity contribution >= 4 is 27.7 Å². The average Bonchev–Trinajstić information content (AvgIpc) is 3.31. The van der Waals surface area contributed by atoms with Crippen molar-refractivity contribution in [2.75, 3.05) is 19.8 Å². The molecular formula is C19H22N6O5S. The molecular weight excluding hydrogens is 424 g/mol. The van der Waals surface area contributed by atoms with E-state index in [0.29, 0.717) is 29.9 Å². The number of piperidine rings is 1. The Morgan fingerprint density at radius 2 is 2.00 bits per heavy atom. The smallest absolute Gasteiger partial charge is 0.255 e. The van der Waals surface area contributed by atoms with Crippen LogP contribution in [0, 0.1) is 0 Å². The Morgan fingerprint density at radius 1 is 1.23 bits per heavy atom. The van der Waals surface area contributed by atoms with Crippen LogP contribution >= 0.6 is 0 Å². The van der Waals surface area contributed by atoms with E-state index in [4.69, 9.17) is 0 Å². The van der Waals surface area contributed by atoms with E-state index in [1.54, 1.807) is 24.4 Å². The van der Waals surface area contributed by atoms with Gasteiger partial charge in [-0.1, -0.05) is 11.3 Å². The van der Waals surface area contributed by atoms with E-state index in [1.807, 2.05) is 0 Å². The molecule has 164 valence electrons. The summed E-state index contributed by atoms with van der Waals surface area (Å²) in [5.41, 5.74) is 2.37. The summed E-state index contributed by atoms with van der Waals surface area (Å²) >= 11 is 0. The highest BCUT2D eigenvalue weighted by Crippen LogP contribution is 2.29. The molecule has 1 saturated heterocycles. The van der Waals surface area contributed by atoms with Gasteiger partial charge >= 0.3 is 0 Å². The maximum Gasteiger partial charge on any atom is 0.255 e. The average molecular weight is 446 g/mol. The summed E-state index contributed by atoms with van der Waals surface area (Å²) in [4.78, 5) is 38.0. The van der Waals surface area contributed by atoms with Crippen molar-refractivity contribution < 1.29 is 22.8 Å². The number of imide groups is 1. The first-order chi connectivity index (χ1) is 14.7. The Bertz CT molecular complexity index is 1170. The zero-order valence-corrected chi connectivity index (χ0v) is 17.9. The van der Waals surface area contributed by atoms with Gasteiger partial charge in [0.25, 0.3) is 5.91 Å². The molecule has 0 aliphatic carbocycles. The van der Waals surface area contributed by atoms with Gasteiger partial charge in [-0.2, -0.15) is 0 Å². The highest BCUT2D eigenvalue weighted by Gasteiger charge is 2.39. The molecule has 1 aromatic heterocycles. The van der Waals surface area contributed by atoms with E-state index in [0.717, 1.165) is 9.87 Å². The van der Waals surface area contributed by atoms with Crippen LogP contribution in [0.3, 0.4) is 0 Å². The number of nitrogens with zero attached hydrogens (tertiary/aromatic N) is 5. The lowest BCUT2D eigenvalue weighted by molar-refractivity contribution is -0.136. The molecule has 4 rings (SSSR count). The van der Waals surface area contributed by atoms with Crippen molar-refractivity contribution in [1.29, 1.82) is 0 Å². The molecule has 2 aliphatic rings. The van der Waals surface area contributed by atoms with E-state index in [9.17, 15) is 22.8 Å². The molecule has 1 atom stereocenters. The number of sulfonamides is 1. The van der Waals surface area contributed by atoms with E-state index in [1.165, 1.54) is 23.7 Å². The lowest BCUT2D eigenvalue weighted by atomic mass is 10.0. The molecule has 2 aliphatic heterocycles. The molecule has 0 radical (unpaired) electrons. The lowest BCUT2D eigenvalue weighted by Crippen LogP contribution is -2.52. The standard InChI is InChI=1S/C19H22N6O5S/c1-23(2)31(29,30)8-7-13-11-25(22-21-13)14-4-3-12-10-24(19(28)15(12)9-14)16-5-6-17(26)20-18(16)27/h3-4,9,11,16H,5-8,10H2,1-2H3,(H,20,26,27). The summed E-state index contributed by atoms with van der Waals surface area (Å²) in [6.07, 6.45) is 2.35. The molecule has 1 N–H and O–H groups in total. The van der Waals surface area contributed by atoms with Gasteiger partial charge < -0.3 is 4.90 Å². The minimum Gasteiger partial charge on any atom is -0.322 e. The fraction of sp³-hybridized carbons (Fsp3) is 0.421.